The number of aliphatic imine (C=N–C) groups is 1. The molecule has 13 heavy (non-hydrogen) atoms. The molecular formula is C7H13N3O2S. The van der Waals surface area contributed by atoms with E-state index in [-0.39, 0.29) is 6.54 Å². The Hall–Kier alpha value is -0.750. The van der Waals surface area contributed by atoms with Gasteiger partial charge in [0.1, 0.15) is 11.9 Å². The minimum absolute atomic E-state index is 0.245. The summed E-state index contributed by atoms with van der Waals surface area (Å²) < 4.78 is 0. The van der Waals surface area contributed by atoms with Crippen molar-refractivity contribution >= 4 is 23.6 Å². The lowest BCUT2D eigenvalue weighted by molar-refractivity contribution is -0.138. The van der Waals surface area contributed by atoms with Crippen LogP contribution in [-0.2, 0) is 4.79 Å². The van der Waals surface area contributed by atoms with E-state index in [1.807, 2.05) is 0 Å². The topological polar surface area (TPSA) is 87.7 Å². The Bertz CT molecular complexity index is 220. The predicted octanol–water partition coefficient (Wildman–Crippen LogP) is -0.867. The van der Waals surface area contributed by atoms with Crippen LogP contribution in [0.3, 0.4) is 0 Å². The number of rotatable bonds is 3. The largest absolute Gasteiger partial charge is 0.480 e. The molecule has 0 radical (unpaired) electrons. The lowest BCUT2D eigenvalue weighted by atomic mass is 10.3. The summed E-state index contributed by atoms with van der Waals surface area (Å²) in [7, 11) is 0. The first-order valence-electron chi connectivity index (χ1n) is 4.03. The number of carbonyl (C=O) groups is 1. The van der Waals surface area contributed by atoms with Crippen molar-refractivity contribution in [1.82, 2.24) is 5.32 Å². The average Bonchev–Trinajstić information content (AvgIpc) is 2.15. The van der Waals surface area contributed by atoms with Gasteiger partial charge in [-0.1, -0.05) is 0 Å². The molecule has 0 aromatic rings. The van der Waals surface area contributed by atoms with E-state index in [0.717, 1.165) is 23.9 Å². The summed E-state index contributed by atoms with van der Waals surface area (Å²) in [6.45, 7) is 1.05. The first kappa shape index (κ1) is 10.3. The second-order valence-electron chi connectivity index (χ2n) is 2.71. The Labute approximate surface area is 80.8 Å². The number of carboxylic acid groups (broad SMARTS) is 1. The number of amidine groups is 1. The maximum atomic E-state index is 10.4. The van der Waals surface area contributed by atoms with E-state index in [0.29, 0.717) is 0 Å². The summed E-state index contributed by atoms with van der Waals surface area (Å²) in [5.41, 5.74) is 5.31. The van der Waals surface area contributed by atoms with Crippen molar-refractivity contribution in [3.8, 4) is 0 Å². The highest BCUT2D eigenvalue weighted by atomic mass is 32.2. The lowest BCUT2D eigenvalue weighted by Gasteiger charge is -2.14. The van der Waals surface area contributed by atoms with Crippen LogP contribution < -0.4 is 11.1 Å². The number of nitrogens with two attached hydrogens (primary N) is 1. The van der Waals surface area contributed by atoms with Crippen molar-refractivity contribution < 1.29 is 9.90 Å². The number of nitrogens with one attached hydrogen (secondary N) is 1. The van der Waals surface area contributed by atoms with E-state index in [2.05, 4.69) is 10.3 Å². The van der Waals surface area contributed by atoms with E-state index in [1.165, 1.54) is 0 Å². The summed E-state index contributed by atoms with van der Waals surface area (Å²) in [6, 6.07) is -0.852. The van der Waals surface area contributed by atoms with Gasteiger partial charge in [0, 0.05) is 12.3 Å². The molecule has 0 saturated carbocycles. The van der Waals surface area contributed by atoms with Crippen LogP contribution in [0.15, 0.2) is 4.99 Å². The van der Waals surface area contributed by atoms with Crippen molar-refractivity contribution in [2.45, 2.75) is 6.04 Å². The smallest absolute Gasteiger partial charge is 0.322 e. The molecule has 5 nitrogen and oxygen atoms in total. The normalized spacial score (nSPS) is 19.0. The van der Waals surface area contributed by atoms with Crippen molar-refractivity contribution in [3.05, 3.63) is 0 Å². The van der Waals surface area contributed by atoms with E-state index >= 15 is 0 Å². The monoisotopic (exact) mass is 203 g/mol. The maximum absolute atomic E-state index is 10.4. The number of thioether (sulfide) groups is 1. The fourth-order valence-corrected chi connectivity index (χ4v) is 1.63. The number of hydrogen-bond acceptors (Lipinski definition) is 5. The van der Waals surface area contributed by atoms with Crippen LogP contribution in [-0.4, -0.2) is 47.5 Å². The predicted molar refractivity (Wildman–Crippen MR) is 53.2 cm³/mol. The summed E-state index contributed by atoms with van der Waals surface area (Å²) >= 11 is 1.78. The fraction of sp³-hybridized carbons (Fsp3) is 0.714. The highest BCUT2D eigenvalue weighted by molar-refractivity contribution is 8.00. The summed E-state index contributed by atoms with van der Waals surface area (Å²) in [5, 5.41) is 11.4. The zero-order chi connectivity index (χ0) is 9.68. The minimum Gasteiger partial charge on any atom is -0.480 e. The van der Waals surface area contributed by atoms with Gasteiger partial charge in [0.05, 0.1) is 12.3 Å². The Morgan fingerprint density at radius 1 is 1.85 bits per heavy atom. The molecule has 6 heteroatoms. The van der Waals surface area contributed by atoms with E-state index in [9.17, 15) is 4.79 Å². The van der Waals surface area contributed by atoms with Gasteiger partial charge in [-0.15, -0.1) is 0 Å². The summed E-state index contributed by atoms with van der Waals surface area (Å²) in [5.74, 6) is 1.73. The maximum Gasteiger partial charge on any atom is 0.322 e. The van der Waals surface area contributed by atoms with Gasteiger partial charge in [-0.05, 0) is 0 Å². The molecule has 0 bridgehead atoms. The van der Waals surface area contributed by atoms with Crippen LogP contribution in [0.5, 0.6) is 0 Å². The molecule has 1 aliphatic heterocycles. The van der Waals surface area contributed by atoms with Gasteiger partial charge in [0.15, 0.2) is 0 Å². The molecule has 0 amide bonds. The van der Waals surface area contributed by atoms with Crippen LogP contribution in [0.25, 0.3) is 0 Å². The van der Waals surface area contributed by atoms with Gasteiger partial charge in [-0.25, -0.2) is 0 Å². The molecule has 0 aliphatic carbocycles. The molecule has 1 aliphatic rings. The lowest BCUT2D eigenvalue weighted by Crippen LogP contribution is -2.43. The second kappa shape index (κ2) is 5.08. The number of hydrogen-bond donors (Lipinski definition) is 3. The van der Waals surface area contributed by atoms with Crippen molar-refractivity contribution in [2.75, 3.05) is 24.6 Å². The Morgan fingerprint density at radius 2 is 2.62 bits per heavy atom. The Balaban J connectivity index is 2.25. The van der Waals surface area contributed by atoms with E-state index < -0.39 is 12.0 Å². The third-order valence-electron chi connectivity index (χ3n) is 1.62. The molecule has 74 valence electrons. The zero-order valence-corrected chi connectivity index (χ0v) is 8.01. The molecule has 1 unspecified atom stereocenters. The standard InChI is InChI=1S/C7H13N3O2S/c8-5(7(11)12)3-10-6-4-13-2-1-9-6/h5H,1-4,8H2,(H,9,10)(H,11,12). The summed E-state index contributed by atoms with van der Waals surface area (Å²) in [4.78, 5) is 14.6. The van der Waals surface area contributed by atoms with E-state index in [1.54, 1.807) is 11.8 Å². The quantitative estimate of drug-likeness (QED) is 0.555. The van der Waals surface area contributed by atoms with Gasteiger partial charge >= 0.3 is 5.97 Å². The van der Waals surface area contributed by atoms with Gasteiger partial charge < -0.3 is 16.2 Å². The highest BCUT2D eigenvalue weighted by Gasteiger charge is 2.12. The molecule has 1 heterocycles. The van der Waals surface area contributed by atoms with E-state index in [4.69, 9.17) is 10.8 Å². The second-order valence-corrected chi connectivity index (χ2v) is 3.81. The number of nitrogens with zero attached hydrogens (tertiary/aromatic N) is 1. The first-order chi connectivity index (χ1) is 6.20. The van der Waals surface area contributed by atoms with Crippen LogP contribution in [0, 0.1) is 0 Å². The van der Waals surface area contributed by atoms with Gasteiger partial charge in [0.25, 0.3) is 0 Å². The molecule has 0 fully saturated rings. The molecule has 0 spiro atoms. The molecule has 0 aromatic carbocycles. The number of carboxylic acids is 1. The number of aliphatic carboxylic acids is 1. The van der Waals surface area contributed by atoms with Gasteiger partial charge in [-0.2, -0.15) is 11.8 Å². The zero-order valence-electron chi connectivity index (χ0n) is 7.19. The molecule has 0 aromatic heterocycles. The third kappa shape index (κ3) is 3.65. The fourth-order valence-electron chi connectivity index (χ4n) is 0.882. The van der Waals surface area contributed by atoms with Crippen LogP contribution in [0.1, 0.15) is 0 Å². The third-order valence-corrected chi connectivity index (χ3v) is 2.57. The Morgan fingerprint density at radius 3 is 3.15 bits per heavy atom. The van der Waals surface area contributed by atoms with Crippen LogP contribution >= 0.6 is 11.8 Å². The highest BCUT2D eigenvalue weighted by Crippen LogP contribution is 2.04. The SMILES string of the molecule is NC(CNC1=NCCSC1)C(=O)O. The van der Waals surface area contributed by atoms with Gasteiger partial charge in [-0.3, -0.25) is 9.79 Å². The minimum atomic E-state index is -0.989. The summed E-state index contributed by atoms with van der Waals surface area (Å²) in [6.07, 6.45) is 0. The average molecular weight is 203 g/mol. The van der Waals surface area contributed by atoms with Gasteiger partial charge in [0.2, 0.25) is 0 Å². The molecule has 4 N–H and O–H groups in total. The molecule has 0 saturated heterocycles. The van der Waals surface area contributed by atoms with Crippen LogP contribution in [0.4, 0.5) is 0 Å². The van der Waals surface area contributed by atoms with Crippen LogP contribution in [0.2, 0.25) is 0 Å². The molecule has 1 atom stereocenters. The van der Waals surface area contributed by atoms with Crippen molar-refractivity contribution in [2.24, 2.45) is 10.7 Å². The molecular weight excluding hydrogens is 190 g/mol. The molecule has 1 rings (SSSR count). The first-order valence-corrected chi connectivity index (χ1v) is 5.19. The Kier molecular flexibility index (Phi) is 4.04. The van der Waals surface area contributed by atoms with Crippen molar-refractivity contribution in [3.63, 3.8) is 0 Å². The van der Waals surface area contributed by atoms with Crippen molar-refractivity contribution in [1.29, 1.82) is 0 Å².